The second kappa shape index (κ2) is 3.21. The van der Waals surface area contributed by atoms with E-state index in [9.17, 15) is 0 Å². The second-order valence-corrected chi connectivity index (χ2v) is 5.73. The van der Waals surface area contributed by atoms with Crippen molar-refractivity contribution in [3.8, 4) is 0 Å². The van der Waals surface area contributed by atoms with Gasteiger partial charge in [-0.2, -0.15) is 0 Å². The maximum atomic E-state index is 6.06. The molecule has 1 saturated heterocycles. The molecule has 0 aromatic heterocycles. The lowest BCUT2D eigenvalue weighted by Crippen LogP contribution is -2.40. The van der Waals surface area contributed by atoms with Crippen molar-refractivity contribution in [2.75, 3.05) is 0 Å². The fourth-order valence-electron chi connectivity index (χ4n) is 3.40. The van der Waals surface area contributed by atoms with Crippen LogP contribution in [0.2, 0.25) is 0 Å². The molecule has 0 bridgehead atoms. The van der Waals surface area contributed by atoms with Crippen LogP contribution in [0.15, 0.2) is 23.3 Å². The van der Waals surface area contributed by atoms with Crippen molar-refractivity contribution in [2.45, 2.75) is 52.1 Å². The van der Waals surface area contributed by atoms with Crippen molar-refractivity contribution in [2.24, 2.45) is 11.8 Å². The summed E-state index contributed by atoms with van der Waals surface area (Å²) < 4.78 is 12.1. The molecule has 4 atom stereocenters. The van der Waals surface area contributed by atoms with Crippen molar-refractivity contribution >= 4 is 0 Å². The summed E-state index contributed by atoms with van der Waals surface area (Å²) in [5.41, 5.74) is 3.06. The van der Waals surface area contributed by atoms with Gasteiger partial charge in [-0.15, -0.1) is 0 Å². The van der Waals surface area contributed by atoms with Crippen LogP contribution in [0.5, 0.6) is 0 Å². The zero-order chi connectivity index (χ0) is 11.5. The van der Waals surface area contributed by atoms with E-state index in [2.05, 4.69) is 26.0 Å². The smallest absolute Gasteiger partial charge is 0.163 e. The number of allylic oxidation sites excluding steroid dienone is 2. The molecule has 16 heavy (non-hydrogen) atoms. The molecular weight excluding hydrogens is 200 g/mol. The number of ether oxygens (including phenoxy) is 2. The van der Waals surface area contributed by atoms with Crippen molar-refractivity contribution in [3.05, 3.63) is 23.3 Å². The Morgan fingerprint density at radius 3 is 2.44 bits per heavy atom. The Morgan fingerprint density at radius 1 is 1.12 bits per heavy atom. The van der Waals surface area contributed by atoms with Crippen molar-refractivity contribution < 1.29 is 9.47 Å². The predicted octanol–water partition coefficient (Wildman–Crippen LogP) is 3.05. The normalized spacial score (nSPS) is 44.8. The highest BCUT2D eigenvalue weighted by atomic mass is 16.8. The van der Waals surface area contributed by atoms with Gasteiger partial charge in [0.1, 0.15) is 0 Å². The number of rotatable bonds is 0. The molecule has 88 valence electrons. The summed E-state index contributed by atoms with van der Waals surface area (Å²) >= 11 is 0. The lowest BCUT2D eigenvalue weighted by atomic mass is 9.75. The van der Waals surface area contributed by atoms with Gasteiger partial charge in [0.25, 0.3) is 0 Å². The van der Waals surface area contributed by atoms with Crippen LogP contribution >= 0.6 is 0 Å². The molecule has 3 rings (SSSR count). The van der Waals surface area contributed by atoms with Crippen molar-refractivity contribution in [1.29, 1.82) is 0 Å². The first-order valence-electron chi connectivity index (χ1n) is 6.25. The van der Waals surface area contributed by atoms with Crippen LogP contribution < -0.4 is 0 Å². The molecule has 0 N–H and O–H groups in total. The third-order valence-corrected chi connectivity index (χ3v) is 4.20. The lowest BCUT2D eigenvalue weighted by molar-refractivity contribution is -0.150. The molecule has 0 saturated carbocycles. The molecule has 2 heteroatoms. The van der Waals surface area contributed by atoms with E-state index in [4.69, 9.17) is 9.47 Å². The minimum absolute atomic E-state index is 0.228. The third-order valence-electron chi connectivity index (χ3n) is 4.20. The Hall–Kier alpha value is -0.600. The van der Waals surface area contributed by atoms with E-state index < -0.39 is 5.79 Å². The van der Waals surface area contributed by atoms with E-state index in [1.807, 2.05) is 13.8 Å². The van der Waals surface area contributed by atoms with E-state index in [1.54, 1.807) is 5.57 Å². The highest BCUT2D eigenvalue weighted by molar-refractivity contribution is 5.40. The molecule has 0 radical (unpaired) electrons. The van der Waals surface area contributed by atoms with Gasteiger partial charge in [-0.25, -0.2) is 0 Å². The third kappa shape index (κ3) is 1.33. The first kappa shape index (κ1) is 10.5. The standard InChI is InChI=1S/C14H20O2/c1-8-10-6-5-7-11(10)9(2)13-12(8)15-14(3,4)16-13/h5-6,8-9,12-13H,7H2,1-4H3/t8-,9?,12+,13?/m0/s1. The van der Waals surface area contributed by atoms with E-state index >= 15 is 0 Å². The largest absolute Gasteiger partial charge is 0.344 e. The Morgan fingerprint density at radius 2 is 1.75 bits per heavy atom. The molecule has 0 aromatic rings. The van der Waals surface area contributed by atoms with Crippen LogP contribution in [0.3, 0.4) is 0 Å². The van der Waals surface area contributed by atoms with Gasteiger partial charge >= 0.3 is 0 Å². The molecule has 2 unspecified atom stereocenters. The zero-order valence-electron chi connectivity index (χ0n) is 10.5. The van der Waals surface area contributed by atoms with Gasteiger partial charge in [0, 0.05) is 11.8 Å². The molecule has 3 aliphatic rings. The monoisotopic (exact) mass is 220 g/mol. The molecule has 0 spiro atoms. The fraction of sp³-hybridized carbons (Fsp3) is 0.714. The van der Waals surface area contributed by atoms with Gasteiger partial charge in [-0.1, -0.05) is 31.6 Å². The molecule has 0 amide bonds. The maximum Gasteiger partial charge on any atom is 0.163 e. The number of hydrogen-bond donors (Lipinski definition) is 0. The SMILES string of the molecule is CC1C2=C(C=CC2)[C@H](C)[C@H]2OC(C)(C)OC12. The van der Waals surface area contributed by atoms with Crippen molar-refractivity contribution in [3.63, 3.8) is 0 Å². The Bertz CT molecular complexity index is 378. The van der Waals surface area contributed by atoms with E-state index in [0.717, 1.165) is 6.42 Å². The predicted molar refractivity (Wildman–Crippen MR) is 62.9 cm³/mol. The van der Waals surface area contributed by atoms with Crippen LogP contribution in [0, 0.1) is 11.8 Å². The molecule has 2 nitrogen and oxygen atoms in total. The molecular formula is C14H20O2. The maximum absolute atomic E-state index is 6.06. The summed E-state index contributed by atoms with van der Waals surface area (Å²) in [7, 11) is 0. The van der Waals surface area contributed by atoms with Gasteiger partial charge in [0.05, 0.1) is 12.2 Å². The summed E-state index contributed by atoms with van der Waals surface area (Å²) in [5.74, 6) is 0.547. The van der Waals surface area contributed by atoms with Crippen LogP contribution in [-0.4, -0.2) is 18.0 Å². The minimum atomic E-state index is -0.415. The average Bonchev–Trinajstić information content (AvgIpc) is 2.78. The van der Waals surface area contributed by atoms with Gasteiger partial charge in [0.15, 0.2) is 5.79 Å². The Kier molecular flexibility index (Phi) is 2.11. The highest BCUT2D eigenvalue weighted by Gasteiger charge is 2.50. The summed E-state index contributed by atoms with van der Waals surface area (Å²) in [6.07, 6.45) is 6.12. The van der Waals surface area contributed by atoms with E-state index in [1.165, 1.54) is 5.57 Å². The lowest BCUT2D eigenvalue weighted by Gasteiger charge is -2.35. The van der Waals surface area contributed by atoms with Crippen LogP contribution in [-0.2, 0) is 9.47 Å². The van der Waals surface area contributed by atoms with Crippen LogP contribution in [0.1, 0.15) is 34.1 Å². The fourth-order valence-corrected chi connectivity index (χ4v) is 3.40. The first-order valence-corrected chi connectivity index (χ1v) is 6.25. The zero-order valence-corrected chi connectivity index (χ0v) is 10.5. The Balaban J connectivity index is 1.98. The van der Waals surface area contributed by atoms with Gasteiger partial charge < -0.3 is 9.47 Å². The Labute approximate surface area is 97.3 Å². The van der Waals surface area contributed by atoms with E-state index in [0.29, 0.717) is 11.8 Å². The quantitative estimate of drug-likeness (QED) is 0.624. The topological polar surface area (TPSA) is 18.5 Å². The number of hydrogen-bond acceptors (Lipinski definition) is 2. The second-order valence-electron chi connectivity index (χ2n) is 5.73. The average molecular weight is 220 g/mol. The summed E-state index contributed by atoms with van der Waals surface area (Å²) in [6.45, 7) is 8.58. The van der Waals surface area contributed by atoms with E-state index in [-0.39, 0.29) is 12.2 Å². The number of fused-ring (bicyclic) bond motifs is 1. The van der Waals surface area contributed by atoms with Gasteiger partial charge in [-0.3, -0.25) is 0 Å². The minimum Gasteiger partial charge on any atom is -0.344 e. The summed E-state index contributed by atoms with van der Waals surface area (Å²) in [5, 5.41) is 0. The molecule has 0 aromatic carbocycles. The first-order chi connectivity index (χ1) is 7.49. The summed E-state index contributed by atoms with van der Waals surface area (Å²) in [4.78, 5) is 0. The molecule has 2 aliphatic carbocycles. The van der Waals surface area contributed by atoms with Crippen molar-refractivity contribution in [1.82, 2.24) is 0 Å². The molecule has 1 heterocycles. The van der Waals surface area contributed by atoms with Crippen LogP contribution in [0.25, 0.3) is 0 Å². The van der Waals surface area contributed by atoms with Gasteiger partial charge in [0.2, 0.25) is 0 Å². The van der Waals surface area contributed by atoms with Gasteiger partial charge in [-0.05, 0) is 25.8 Å². The summed E-state index contributed by atoms with van der Waals surface area (Å²) in [6, 6.07) is 0. The molecule has 1 fully saturated rings. The highest BCUT2D eigenvalue weighted by Crippen LogP contribution is 2.47. The van der Waals surface area contributed by atoms with Crippen LogP contribution in [0.4, 0.5) is 0 Å². The molecule has 1 aliphatic heterocycles.